The highest BCUT2D eigenvalue weighted by molar-refractivity contribution is 7.87. The molecule has 6 rings (SSSR count). The molecule has 0 unspecified atom stereocenters. The lowest BCUT2D eigenvalue weighted by molar-refractivity contribution is 0.132. The van der Waals surface area contributed by atoms with Crippen molar-refractivity contribution in [2.75, 3.05) is 63.3 Å². The first-order valence-electron chi connectivity index (χ1n) is 21.7. The molecule has 16 heteroatoms. The van der Waals surface area contributed by atoms with Crippen LogP contribution in [0.25, 0.3) is 21.5 Å². The molecule has 0 fully saturated rings. The molecule has 6 aromatic carbocycles. The first-order valence-corrected chi connectivity index (χ1v) is 24.5. The number of nitrogens with two attached hydrogens (primary N) is 2. The minimum Gasteiger partial charge on any atom is -0.400 e. The molecule has 0 heterocycles. The summed E-state index contributed by atoms with van der Waals surface area (Å²) < 4.78 is 56.1. The van der Waals surface area contributed by atoms with E-state index in [1.54, 1.807) is 40.3 Å². The number of rotatable bonds is 6. The average Bonchev–Trinajstić information content (AvgIpc) is 3.41. The van der Waals surface area contributed by atoms with Gasteiger partial charge in [0.25, 0.3) is 20.2 Å². The summed E-state index contributed by atoms with van der Waals surface area (Å²) in [4.78, 5) is -0.156. The molecule has 67 heavy (non-hydrogen) atoms. The maximum Gasteiger partial charge on any atom is 0.299 e. The number of hydrogen-bond donors (Lipinski definition) is 4. The number of azo groups is 2. The predicted octanol–water partition coefficient (Wildman–Crippen LogP) is 12.1. The summed E-state index contributed by atoms with van der Waals surface area (Å²) in [5.41, 5.74) is 9.00. The van der Waals surface area contributed by atoms with Crippen molar-refractivity contribution in [3.05, 3.63) is 158 Å². The molecular weight excluding hydrogens is 889 g/mol. The second-order valence-corrected chi connectivity index (χ2v) is 14.0. The minimum atomic E-state index is -4.05. The predicted molar refractivity (Wildman–Crippen MR) is 287 cm³/mol. The van der Waals surface area contributed by atoms with E-state index in [1.807, 2.05) is 27.7 Å². The molecule has 0 bridgehead atoms. The Morgan fingerprint density at radius 3 is 0.672 bits per heavy atom. The van der Waals surface area contributed by atoms with Gasteiger partial charge in [0, 0.05) is 42.4 Å². The second kappa shape index (κ2) is 60.7. The fraction of sp³-hybridized carbons (Fsp3) is 0.373. The van der Waals surface area contributed by atoms with E-state index in [4.69, 9.17) is 10.2 Å². The molecular formula is C51H86N6O8S2. The molecule has 0 spiro atoms. The summed E-state index contributed by atoms with van der Waals surface area (Å²) in [6.07, 6.45) is 2.50. The van der Waals surface area contributed by atoms with E-state index in [0.29, 0.717) is 0 Å². The first kappa shape index (κ1) is 76.0. The van der Waals surface area contributed by atoms with Crippen LogP contribution in [-0.2, 0) is 28.6 Å². The molecule has 0 amide bonds. The minimum absolute atomic E-state index is 0.0780. The smallest absolute Gasteiger partial charge is 0.299 e. The quantitative estimate of drug-likeness (QED) is 0.0701. The highest BCUT2D eigenvalue weighted by Gasteiger charge is 2.19. The molecule has 6 N–H and O–H groups in total. The van der Waals surface area contributed by atoms with E-state index in [9.17, 15) is 16.8 Å². The zero-order chi connectivity index (χ0) is 53.2. The van der Waals surface area contributed by atoms with Crippen LogP contribution in [0.1, 0.15) is 68.2 Å². The van der Waals surface area contributed by atoms with Gasteiger partial charge in [-0.1, -0.05) is 202 Å². The highest BCUT2D eigenvalue weighted by Crippen LogP contribution is 2.15. The van der Waals surface area contributed by atoms with Gasteiger partial charge >= 0.3 is 0 Å². The number of benzene rings is 6. The number of aliphatic hydroxyl groups excluding tert-OH is 2. The van der Waals surface area contributed by atoms with E-state index in [0.717, 1.165) is 14.2 Å². The third-order valence-electron chi connectivity index (χ3n) is 6.19. The maximum absolute atomic E-state index is 11.8. The molecule has 6 aromatic rings. The van der Waals surface area contributed by atoms with Crippen molar-refractivity contribution in [2.45, 2.75) is 78.0 Å². The van der Waals surface area contributed by atoms with Gasteiger partial charge in [-0.15, -0.1) is 0 Å². The van der Waals surface area contributed by atoms with Crippen LogP contribution in [0.2, 0.25) is 0 Å². The number of hydrogen-bond acceptors (Lipinski definition) is 14. The Labute approximate surface area is 406 Å². The van der Waals surface area contributed by atoms with Gasteiger partial charge in [0.15, 0.2) is 6.79 Å². The molecule has 0 radical (unpaired) electrons. The summed E-state index contributed by atoms with van der Waals surface area (Å²) in [5.74, 6) is 0. The molecule has 380 valence electrons. The van der Waals surface area contributed by atoms with Gasteiger partial charge in [-0.2, -0.15) is 37.3 Å². The van der Waals surface area contributed by atoms with E-state index in [2.05, 4.69) is 165 Å². The number of nitrogens with zero attached hydrogens (tertiary/aromatic N) is 4. The fourth-order valence-electron chi connectivity index (χ4n) is 3.72. The van der Waals surface area contributed by atoms with E-state index < -0.39 is 27.0 Å². The van der Waals surface area contributed by atoms with Gasteiger partial charge in [0.2, 0.25) is 0 Å². The Morgan fingerprint density at radius 1 is 0.373 bits per heavy atom. The average molecular weight is 975 g/mol. The molecule has 0 aromatic heterocycles. The van der Waals surface area contributed by atoms with Crippen LogP contribution in [0.5, 0.6) is 0 Å². The van der Waals surface area contributed by atoms with Crippen molar-refractivity contribution >= 4 is 41.8 Å². The highest BCUT2D eigenvalue weighted by atomic mass is 32.2. The normalized spacial score (nSPS) is 9.01. The van der Waals surface area contributed by atoms with Gasteiger partial charge in [-0.3, -0.25) is 0 Å². The van der Waals surface area contributed by atoms with E-state index in [1.165, 1.54) is 97.0 Å². The van der Waals surface area contributed by atoms with E-state index in [-0.39, 0.29) is 9.79 Å². The van der Waals surface area contributed by atoms with Crippen LogP contribution in [0.3, 0.4) is 0 Å². The van der Waals surface area contributed by atoms with Crippen molar-refractivity contribution < 1.29 is 35.4 Å². The maximum atomic E-state index is 11.8. The Kier molecular flexibility index (Phi) is 68.8. The van der Waals surface area contributed by atoms with Crippen LogP contribution in [0.4, 0.5) is 0 Å². The van der Waals surface area contributed by atoms with Crippen molar-refractivity contribution in [1.82, 2.24) is 0 Å². The molecule has 0 saturated heterocycles. The summed E-state index contributed by atoms with van der Waals surface area (Å²) in [6, 6.07) is 48.2. The van der Waals surface area contributed by atoms with Gasteiger partial charge in [0.05, 0.1) is 9.79 Å². The van der Waals surface area contributed by atoms with Crippen molar-refractivity contribution in [3.63, 3.8) is 0 Å². The molecule has 0 aliphatic carbocycles. The second-order valence-electron chi connectivity index (χ2n) is 10.8. The molecule has 0 saturated carbocycles. The molecule has 14 nitrogen and oxygen atoms in total. The Balaban J connectivity index is -0.000000134. The summed E-state index contributed by atoms with van der Waals surface area (Å²) in [7, 11) is 3.45. The summed E-state index contributed by atoms with van der Waals surface area (Å²) in [5, 5.41) is 32.7. The van der Waals surface area contributed by atoms with Crippen molar-refractivity contribution in [3.8, 4) is 0 Å². The van der Waals surface area contributed by atoms with Crippen LogP contribution >= 0.6 is 0 Å². The molecule has 0 aliphatic rings. The summed E-state index contributed by atoms with van der Waals surface area (Å²) >= 11 is 0. The SMILES string of the molecule is CC.CC.CCC.CCC.CN.CN.CN=NC.CN=NC.CO.CO.O=S(=O)(OCOS(=O)(=O)c1ccccc1)c1ccccc1.c1ccc2ccccc2c1.c1ccc2ccccc2c1. The third kappa shape index (κ3) is 44.3. The Morgan fingerprint density at radius 2 is 0.522 bits per heavy atom. The lowest BCUT2D eigenvalue weighted by Crippen LogP contribution is -2.14. The van der Waals surface area contributed by atoms with Crippen molar-refractivity contribution in [1.29, 1.82) is 0 Å². The number of fused-ring (bicyclic) bond motifs is 2. The molecule has 0 atom stereocenters. The van der Waals surface area contributed by atoms with Crippen LogP contribution in [0, 0.1) is 0 Å². The molecule has 0 aliphatic heterocycles. The van der Waals surface area contributed by atoms with Crippen LogP contribution < -0.4 is 11.5 Å². The largest absolute Gasteiger partial charge is 0.400 e. The van der Waals surface area contributed by atoms with Gasteiger partial charge in [-0.05, 0) is 59.9 Å². The zero-order valence-corrected chi connectivity index (χ0v) is 44.9. The monoisotopic (exact) mass is 975 g/mol. The van der Waals surface area contributed by atoms with Gasteiger partial charge in [0.1, 0.15) is 0 Å². The van der Waals surface area contributed by atoms with Crippen LogP contribution in [-0.4, -0.2) is 90.3 Å². The third-order valence-corrected chi connectivity index (χ3v) is 8.70. The topological polar surface area (TPSA) is 229 Å². The van der Waals surface area contributed by atoms with Crippen LogP contribution in [0.15, 0.2) is 188 Å². The summed E-state index contributed by atoms with van der Waals surface area (Å²) in [6.45, 7) is 15.6. The van der Waals surface area contributed by atoms with Gasteiger partial charge in [-0.25, -0.2) is 8.37 Å². The van der Waals surface area contributed by atoms with Gasteiger partial charge < -0.3 is 21.7 Å². The lowest BCUT2D eigenvalue weighted by Gasteiger charge is -2.07. The fourth-order valence-corrected chi connectivity index (χ4v) is 5.39. The standard InChI is InChI=1S/C13H12O6S2.2C10H8.2C3H8.2C2H6N2.2C2H6.2CH5N.2CH4O/c14-20(15,12-7-3-1-4-8-12)18-11-19-21(16,17)13-9-5-2-6-10-13;2*1-2-6-10-8-4-3-7-9(10)5-1;2*1-3-2;2*1-3-4-2;6*1-2/h1-10H,11H2;2*1-8H;2*3H2,1-2H3;2*1-2H3;2*1-2H3;2*2H2,1H3;2*2H,1H3. The van der Waals surface area contributed by atoms with E-state index >= 15 is 0 Å². The zero-order valence-electron chi connectivity index (χ0n) is 43.2. The van der Waals surface area contributed by atoms with Crippen molar-refractivity contribution in [2.24, 2.45) is 31.9 Å². The lowest BCUT2D eigenvalue weighted by atomic mass is 10.1. The Hall–Kier alpha value is -5.30. The number of aliphatic hydroxyl groups is 2. The Bertz CT molecular complexity index is 1840. The first-order chi connectivity index (χ1) is 32.5.